The van der Waals surface area contributed by atoms with Gasteiger partial charge in [0.15, 0.2) is 0 Å². The number of H-pyrrole nitrogens is 1. The second-order valence-electron chi connectivity index (χ2n) is 6.89. The molecule has 1 saturated heterocycles. The van der Waals surface area contributed by atoms with Crippen LogP contribution in [0.25, 0.3) is 10.9 Å². The van der Waals surface area contributed by atoms with Crippen LogP contribution in [-0.4, -0.2) is 60.5 Å². The second-order valence-corrected chi connectivity index (χ2v) is 6.89. The summed E-state index contributed by atoms with van der Waals surface area (Å²) >= 11 is 0. The van der Waals surface area contributed by atoms with Crippen LogP contribution in [0.5, 0.6) is 5.75 Å². The number of nitrogens with one attached hydrogen (secondary N) is 1. The molecule has 0 radical (unpaired) electrons. The first kappa shape index (κ1) is 17.8. The Morgan fingerprint density at radius 2 is 2.04 bits per heavy atom. The van der Waals surface area contributed by atoms with E-state index in [2.05, 4.69) is 9.88 Å². The smallest absolute Gasteiger partial charge is 0.270 e. The monoisotopic (exact) mass is 343 g/mol. The minimum atomic E-state index is 0.0590. The van der Waals surface area contributed by atoms with Gasteiger partial charge in [0.1, 0.15) is 11.4 Å². The fourth-order valence-electron chi connectivity index (χ4n) is 3.54. The zero-order valence-electron chi connectivity index (χ0n) is 15.6. The van der Waals surface area contributed by atoms with E-state index in [-0.39, 0.29) is 5.91 Å². The van der Waals surface area contributed by atoms with Crippen LogP contribution in [0.15, 0.2) is 18.2 Å². The van der Waals surface area contributed by atoms with E-state index in [1.165, 1.54) is 19.3 Å². The highest BCUT2D eigenvalue weighted by Crippen LogP contribution is 2.26. The summed E-state index contributed by atoms with van der Waals surface area (Å²) in [6, 6.07) is 5.93. The van der Waals surface area contributed by atoms with Crippen LogP contribution >= 0.6 is 0 Å². The number of fused-ring (bicyclic) bond motifs is 1. The summed E-state index contributed by atoms with van der Waals surface area (Å²) in [7, 11) is 1.89. The average molecular weight is 343 g/mol. The molecule has 1 aromatic heterocycles. The Labute approximate surface area is 149 Å². The quantitative estimate of drug-likeness (QED) is 0.874. The summed E-state index contributed by atoms with van der Waals surface area (Å²) in [6.07, 6.45) is 3.89. The van der Waals surface area contributed by atoms with Crippen molar-refractivity contribution in [3.8, 4) is 5.75 Å². The van der Waals surface area contributed by atoms with Crippen molar-refractivity contribution in [1.82, 2.24) is 14.8 Å². The van der Waals surface area contributed by atoms with Gasteiger partial charge < -0.3 is 19.5 Å². The van der Waals surface area contributed by atoms with E-state index < -0.39 is 0 Å². The number of hydrogen-bond donors (Lipinski definition) is 1. The summed E-state index contributed by atoms with van der Waals surface area (Å²) in [5.74, 6) is 0.901. The molecule has 1 aliphatic rings. The van der Waals surface area contributed by atoms with Gasteiger partial charge in [0.25, 0.3) is 5.91 Å². The van der Waals surface area contributed by atoms with Crippen molar-refractivity contribution in [3.05, 3.63) is 29.5 Å². The molecule has 1 aromatic carbocycles. The molecule has 0 aliphatic carbocycles. The third-order valence-corrected chi connectivity index (χ3v) is 5.10. The molecule has 2 heterocycles. The van der Waals surface area contributed by atoms with Crippen LogP contribution in [0.3, 0.4) is 0 Å². The molecule has 5 nitrogen and oxygen atoms in total. The molecule has 1 amide bonds. The average Bonchev–Trinajstić information content (AvgIpc) is 2.96. The Bertz CT molecular complexity index is 732. The first-order chi connectivity index (χ1) is 12.1. The molecular weight excluding hydrogens is 314 g/mol. The van der Waals surface area contributed by atoms with Gasteiger partial charge >= 0.3 is 0 Å². The van der Waals surface area contributed by atoms with E-state index in [0.29, 0.717) is 12.3 Å². The molecule has 0 unspecified atom stereocenters. The summed E-state index contributed by atoms with van der Waals surface area (Å²) in [6.45, 7) is 8.65. The number of aromatic nitrogens is 1. The van der Waals surface area contributed by atoms with Gasteiger partial charge in [-0.15, -0.1) is 0 Å². The van der Waals surface area contributed by atoms with E-state index in [9.17, 15) is 4.79 Å². The summed E-state index contributed by atoms with van der Waals surface area (Å²) < 4.78 is 5.58. The van der Waals surface area contributed by atoms with Crippen LogP contribution in [0.1, 0.15) is 42.2 Å². The van der Waals surface area contributed by atoms with Crippen molar-refractivity contribution in [2.45, 2.75) is 33.1 Å². The van der Waals surface area contributed by atoms with Crippen molar-refractivity contribution in [2.75, 3.05) is 39.8 Å². The molecular formula is C20H29N3O2. The maximum atomic E-state index is 12.9. The van der Waals surface area contributed by atoms with Crippen molar-refractivity contribution < 1.29 is 9.53 Å². The minimum Gasteiger partial charge on any atom is -0.494 e. The van der Waals surface area contributed by atoms with Crippen LogP contribution in [0.4, 0.5) is 0 Å². The molecule has 0 saturated carbocycles. The minimum absolute atomic E-state index is 0.0590. The Morgan fingerprint density at radius 3 is 2.76 bits per heavy atom. The lowest BCUT2D eigenvalue weighted by atomic mass is 10.1. The predicted molar refractivity (Wildman–Crippen MR) is 101 cm³/mol. The number of likely N-dealkylation sites (N-methyl/N-ethyl adjacent to an activating group) is 1. The van der Waals surface area contributed by atoms with Gasteiger partial charge in [0.2, 0.25) is 0 Å². The Balaban J connectivity index is 1.71. The molecule has 25 heavy (non-hydrogen) atoms. The van der Waals surface area contributed by atoms with E-state index in [0.717, 1.165) is 48.4 Å². The molecule has 1 N–H and O–H groups in total. The molecule has 2 aromatic rings. The number of hydrogen-bond acceptors (Lipinski definition) is 3. The van der Waals surface area contributed by atoms with Crippen LogP contribution in [0.2, 0.25) is 0 Å². The zero-order valence-corrected chi connectivity index (χ0v) is 15.6. The molecule has 0 bridgehead atoms. The summed E-state index contributed by atoms with van der Waals surface area (Å²) in [4.78, 5) is 20.4. The van der Waals surface area contributed by atoms with E-state index in [1.807, 2.05) is 44.0 Å². The van der Waals surface area contributed by atoms with Gasteiger partial charge in [0, 0.05) is 31.0 Å². The first-order valence-electron chi connectivity index (χ1n) is 9.33. The number of likely N-dealkylation sites (tertiary alicyclic amines) is 1. The Morgan fingerprint density at radius 1 is 1.28 bits per heavy atom. The number of ether oxygens (including phenoxy) is 1. The topological polar surface area (TPSA) is 48.6 Å². The maximum Gasteiger partial charge on any atom is 0.270 e. The van der Waals surface area contributed by atoms with Crippen LogP contribution < -0.4 is 4.74 Å². The number of aromatic amines is 1. The third-order valence-electron chi connectivity index (χ3n) is 5.10. The normalized spacial score (nSPS) is 15.5. The fourth-order valence-corrected chi connectivity index (χ4v) is 3.54. The largest absolute Gasteiger partial charge is 0.494 e. The maximum absolute atomic E-state index is 12.9. The standard InChI is InChI=1S/C20H29N3O2/c1-4-25-16-8-9-18-17(14-16)15(2)19(21-18)20(24)22(3)12-13-23-10-6-5-7-11-23/h8-9,14,21H,4-7,10-13H2,1-3H3. The number of nitrogens with zero attached hydrogens (tertiary/aromatic N) is 2. The number of piperidine rings is 1. The SMILES string of the molecule is CCOc1ccc2[nH]c(C(=O)N(C)CCN3CCCCC3)c(C)c2c1. The number of carbonyl (C=O) groups is 1. The van der Waals surface area contributed by atoms with Crippen LogP contribution in [0, 0.1) is 6.92 Å². The number of amides is 1. The van der Waals surface area contributed by atoms with E-state index in [1.54, 1.807) is 0 Å². The van der Waals surface area contributed by atoms with Gasteiger partial charge in [-0.25, -0.2) is 0 Å². The zero-order chi connectivity index (χ0) is 17.8. The number of rotatable bonds is 6. The molecule has 136 valence electrons. The molecule has 0 atom stereocenters. The molecule has 1 fully saturated rings. The lowest BCUT2D eigenvalue weighted by Crippen LogP contribution is -2.38. The van der Waals surface area contributed by atoms with Gasteiger partial charge in [-0.3, -0.25) is 4.79 Å². The molecule has 5 heteroatoms. The van der Waals surface area contributed by atoms with Gasteiger partial charge in [-0.05, 0) is 63.5 Å². The van der Waals surface area contributed by atoms with Gasteiger partial charge in [-0.1, -0.05) is 6.42 Å². The first-order valence-corrected chi connectivity index (χ1v) is 9.33. The highest BCUT2D eigenvalue weighted by molar-refractivity contribution is 6.01. The third kappa shape index (κ3) is 3.98. The number of carbonyl (C=O) groups excluding carboxylic acids is 1. The number of benzene rings is 1. The Kier molecular flexibility index (Phi) is 5.63. The summed E-state index contributed by atoms with van der Waals surface area (Å²) in [5, 5.41) is 1.05. The molecule has 3 rings (SSSR count). The predicted octanol–water partition coefficient (Wildman–Crippen LogP) is 3.43. The van der Waals surface area contributed by atoms with Crippen molar-refractivity contribution in [3.63, 3.8) is 0 Å². The molecule has 0 spiro atoms. The molecule has 1 aliphatic heterocycles. The summed E-state index contributed by atoms with van der Waals surface area (Å²) in [5.41, 5.74) is 2.66. The lowest BCUT2D eigenvalue weighted by molar-refractivity contribution is 0.0767. The van der Waals surface area contributed by atoms with E-state index >= 15 is 0 Å². The Hall–Kier alpha value is -2.01. The van der Waals surface area contributed by atoms with Crippen molar-refractivity contribution in [1.29, 1.82) is 0 Å². The van der Waals surface area contributed by atoms with Crippen molar-refractivity contribution >= 4 is 16.8 Å². The van der Waals surface area contributed by atoms with E-state index in [4.69, 9.17) is 4.74 Å². The van der Waals surface area contributed by atoms with Gasteiger partial charge in [-0.2, -0.15) is 0 Å². The number of aryl methyl sites for hydroxylation is 1. The highest BCUT2D eigenvalue weighted by atomic mass is 16.5. The lowest BCUT2D eigenvalue weighted by Gasteiger charge is -2.28. The van der Waals surface area contributed by atoms with Crippen LogP contribution in [-0.2, 0) is 0 Å². The second kappa shape index (κ2) is 7.91. The fraction of sp³-hybridized carbons (Fsp3) is 0.550. The highest BCUT2D eigenvalue weighted by Gasteiger charge is 2.19. The van der Waals surface area contributed by atoms with Crippen molar-refractivity contribution in [2.24, 2.45) is 0 Å². The van der Waals surface area contributed by atoms with Gasteiger partial charge in [0.05, 0.1) is 6.61 Å².